The maximum Gasteiger partial charge on any atom is 0.127 e. The van der Waals surface area contributed by atoms with Gasteiger partial charge in [-0.2, -0.15) is 0 Å². The zero-order chi connectivity index (χ0) is 23.1. The van der Waals surface area contributed by atoms with Crippen LogP contribution in [0.15, 0.2) is 58.5 Å². The molecule has 0 unspecified atom stereocenters. The van der Waals surface area contributed by atoms with Crippen LogP contribution in [0.2, 0.25) is 0 Å². The number of benzene rings is 3. The van der Waals surface area contributed by atoms with Gasteiger partial charge in [0.1, 0.15) is 11.5 Å². The van der Waals surface area contributed by atoms with Crippen LogP contribution in [-0.2, 0) is 25.7 Å². The molecule has 0 amide bonds. The van der Waals surface area contributed by atoms with Gasteiger partial charge in [-0.25, -0.2) is 0 Å². The van der Waals surface area contributed by atoms with Crippen LogP contribution in [0.1, 0.15) is 61.1 Å². The molecule has 0 heterocycles. The van der Waals surface area contributed by atoms with Crippen LogP contribution in [0.5, 0.6) is 11.5 Å². The number of phenolic OH excluding ortho intramolecular Hbond substituents is 2. The number of aliphatic imine (C=N–C) groups is 2. The first-order valence-electron chi connectivity index (χ1n) is 11.4. The molecule has 166 valence electrons. The predicted molar refractivity (Wildman–Crippen MR) is 135 cm³/mol. The molecule has 0 atom stereocenters. The fourth-order valence-electron chi connectivity index (χ4n) is 3.68. The highest BCUT2D eigenvalue weighted by molar-refractivity contribution is 5.90. The van der Waals surface area contributed by atoms with E-state index in [1.807, 2.05) is 62.4 Å². The van der Waals surface area contributed by atoms with Crippen molar-refractivity contribution in [1.82, 2.24) is 0 Å². The number of phenols is 2. The minimum absolute atomic E-state index is 0.280. The SMILES string of the molecule is CCc1cc(C=Nc2ccccc2N=Cc2cc(CC)cc(CC)c2O)c(O)c(CC)c1. The van der Waals surface area contributed by atoms with Gasteiger partial charge in [-0.15, -0.1) is 0 Å². The zero-order valence-electron chi connectivity index (χ0n) is 19.4. The zero-order valence-corrected chi connectivity index (χ0v) is 19.4. The average Bonchev–Trinajstić information content (AvgIpc) is 2.83. The Labute approximate surface area is 191 Å². The van der Waals surface area contributed by atoms with Crippen molar-refractivity contribution in [2.45, 2.75) is 53.4 Å². The monoisotopic (exact) mass is 428 g/mol. The van der Waals surface area contributed by atoms with E-state index in [1.165, 1.54) is 11.1 Å². The Morgan fingerprint density at radius 1 is 0.625 bits per heavy atom. The molecule has 0 radical (unpaired) electrons. The Balaban J connectivity index is 1.96. The lowest BCUT2D eigenvalue weighted by molar-refractivity contribution is 0.467. The molecule has 0 bridgehead atoms. The molecule has 0 spiro atoms. The van der Waals surface area contributed by atoms with Crippen LogP contribution in [0, 0.1) is 0 Å². The van der Waals surface area contributed by atoms with Crippen molar-refractivity contribution in [3.05, 3.63) is 81.9 Å². The van der Waals surface area contributed by atoms with E-state index in [9.17, 15) is 10.2 Å². The fraction of sp³-hybridized carbons (Fsp3) is 0.286. The molecule has 4 heteroatoms. The number of nitrogens with zero attached hydrogens (tertiary/aromatic N) is 2. The first kappa shape index (κ1) is 23.3. The van der Waals surface area contributed by atoms with Gasteiger partial charge in [0, 0.05) is 23.6 Å². The van der Waals surface area contributed by atoms with E-state index in [4.69, 9.17) is 0 Å². The van der Waals surface area contributed by atoms with Gasteiger partial charge in [0.2, 0.25) is 0 Å². The van der Waals surface area contributed by atoms with Gasteiger partial charge in [-0.05, 0) is 72.2 Å². The van der Waals surface area contributed by atoms with Crippen molar-refractivity contribution in [1.29, 1.82) is 0 Å². The van der Waals surface area contributed by atoms with Crippen molar-refractivity contribution in [3.8, 4) is 11.5 Å². The summed E-state index contributed by atoms with van der Waals surface area (Å²) in [6.45, 7) is 8.27. The Hall–Kier alpha value is -3.40. The molecule has 0 aliphatic heterocycles. The molecule has 2 N–H and O–H groups in total. The van der Waals surface area contributed by atoms with E-state index in [-0.39, 0.29) is 11.5 Å². The highest BCUT2D eigenvalue weighted by atomic mass is 16.3. The Kier molecular flexibility index (Phi) is 7.82. The summed E-state index contributed by atoms with van der Waals surface area (Å²) in [6.07, 6.45) is 6.73. The first-order valence-corrected chi connectivity index (χ1v) is 11.4. The predicted octanol–water partition coefficient (Wildman–Crippen LogP) is 6.85. The Morgan fingerprint density at radius 2 is 1.03 bits per heavy atom. The number of rotatable bonds is 8. The molecule has 0 fully saturated rings. The molecule has 3 aromatic rings. The maximum atomic E-state index is 10.6. The number of aromatic hydroxyl groups is 2. The molecular weight excluding hydrogens is 396 g/mol. The van der Waals surface area contributed by atoms with Gasteiger partial charge in [-0.3, -0.25) is 9.98 Å². The molecule has 0 saturated heterocycles. The minimum Gasteiger partial charge on any atom is -0.507 e. The number of hydrogen-bond donors (Lipinski definition) is 2. The van der Waals surface area contributed by atoms with Crippen molar-refractivity contribution in [2.75, 3.05) is 0 Å². The van der Waals surface area contributed by atoms with Crippen LogP contribution in [0.4, 0.5) is 11.4 Å². The lowest BCUT2D eigenvalue weighted by Gasteiger charge is -2.09. The van der Waals surface area contributed by atoms with E-state index in [0.29, 0.717) is 22.5 Å². The lowest BCUT2D eigenvalue weighted by atomic mass is 10.0. The highest BCUT2D eigenvalue weighted by Gasteiger charge is 2.09. The molecule has 0 saturated carbocycles. The summed E-state index contributed by atoms with van der Waals surface area (Å²) in [4.78, 5) is 9.26. The van der Waals surface area contributed by atoms with Crippen molar-refractivity contribution < 1.29 is 10.2 Å². The van der Waals surface area contributed by atoms with E-state index in [0.717, 1.165) is 36.8 Å². The summed E-state index contributed by atoms with van der Waals surface area (Å²) in [5, 5.41) is 21.2. The van der Waals surface area contributed by atoms with Gasteiger partial charge in [-0.1, -0.05) is 52.0 Å². The topological polar surface area (TPSA) is 65.2 Å². The number of aryl methyl sites for hydroxylation is 4. The normalized spacial score (nSPS) is 11.6. The van der Waals surface area contributed by atoms with Crippen LogP contribution in [0.3, 0.4) is 0 Å². The summed E-state index contributed by atoms with van der Waals surface area (Å²) < 4.78 is 0. The molecule has 3 rings (SSSR count). The van der Waals surface area contributed by atoms with E-state index in [2.05, 4.69) is 23.8 Å². The molecule has 3 aromatic carbocycles. The summed E-state index contributed by atoms with van der Waals surface area (Å²) >= 11 is 0. The summed E-state index contributed by atoms with van der Waals surface area (Å²) in [6, 6.07) is 15.7. The second kappa shape index (κ2) is 10.8. The molecular formula is C28H32N2O2. The molecule has 32 heavy (non-hydrogen) atoms. The van der Waals surface area contributed by atoms with Gasteiger partial charge >= 0.3 is 0 Å². The van der Waals surface area contributed by atoms with Crippen LogP contribution >= 0.6 is 0 Å². The third-order valence-corrected chi connectivity index (χ3v) is 5.70. The lowest BCUT2D eigenvalue weighted by Crippen LogP contribution is -1.93. The minimum atomic E-state index is 0.280. The van der Waals surface area contributed by atoms with Gasteiger partial charge < -0.3 is 10.2 Å². The van der Waals surface area contributed by atoms with Gasteiger partial charge in [0.25, 0.3) is 0 Å². The van der Waals surface area contributed by atoms with Crippen LogP contribution in [0.25, 0.3) is 0 Å². The molecule has 0 aliphatic rings. The summed E-state index contributed by atoms with van der Waals surface area (Å²) in [5.41, 5.74) is 7.01. The van der Waals surface area contributed by atoms with Crippen LogP contribution in [-0.4, -0.2) is 22.6 Å². The van der Waals surface area contributed by atoms with E-state index < -0.39 is 0 Å². The Morgan fingerprint density at radius 3 is 1.38 bits per heavy atom. The molecule has 0 aliphatic carbocycles. The third-order valence-electron chi connectivity index (χ3n) is 5.70. The van der Waals surface area contributed by atoms with Crippen molar-refractivity contribution in [2.24, 2.45) is 9.98 Å². The largest absolute Gasteiger partial charge is 0.507 e. The highest BCUT2D eigenvalue weighted by Crippen LogP contribution is 2.30. The molecule has 4 nitrogen and oxygen atoms in total. The second-order valence-corrected chi connectivity index (χ2v) is 7.80. The van der Waals surface area contributed by atoms with Gasteiger partial charge in [0.05, 0.1) is 11.4 Å². The maximum absolute atomic E-state index is 10.6. The summed E-state index contributed by atoms with van der Waals surface area (Å²) in [5.74, 6) is 0.561. The van der Waals surface area contributed by atoms with E-state index >= 15 is 0 Å². The standard InChI is InChI=1S/C28H32N2O2/c1-5-19-13-21(7-3)27(31)23(15-19)17-29-25-11-9-10-12-26(25)30-18-24-16-20(6-2)14-22(8-4)28(24)32/h9-18,31-32H,5-8H2,1-4H3. The number of para-hydroxylation sites is 2. The van der Waals surface area contributed by atoms with Crippen molar-refractivity contribution >= 4 is 23.8 Å². The Bertz CT molecular complexity index is 1060. The average molecular weight is 429 g/mol. The van der Waals surface area contributed by atoms with Crippen molar-refractivity contribution in [3.63, 3.8) is 0 Å². The molecule has 0 aromatic heterocycles. The van der Waals surface area contributed by atoms with E-state index in [1.54, 1.807) is 12.4 Å². The van der Waals surface area contributed by atoms with Crippen LogP contribution < -0.4 is 0 Å². The smallest absolute Gasteiger partial charge is 0.127 e. The number of hydrogen-bond acceptors (Lipinski definition) is 4. The third kappa shape index (κ3) is 5.25. The first-order chi connectivity index (χ1) is 15.5. The fourth-order valence-corrected chi connectivity index (χ4v) is 3.68. The second-order valence-electron chi connectivity index (χ2n) is 7.80. The summed E-state index contributed by atoms with van der Waals surface area (Å²) in [7, 11) is 0. The van der Waals surface area contributed by atoms with Gasteiger partial charge in [0.15, 0.2) is 0 Å². The quantitative estimate of drug-likeness (QED) is 0.385.